The van der Waals surface area contributed by atoms with Gasteiger partial charge in [-0.25, -0.2) is 18.1 Å². The molecule has 0 aliphatic carbocycles. The maximum Gasteiger partial charge on any atom is 0.482 e. The van der Waals surface area contributed by atoms with Crippen LogP contribution in [0.15, 0.2) is 0 Å². The molecule has 0 aromatic rings. The molecular formula is C6H6Br3Cl6O4P. The number of phosphoric acid groups is 1. The van der Waals surface area contributed by atoms with Crippen LogP contribution in [0.5, 0.6) is 0 Å². The molecule has 4 nitrogen and oxygen atoms in total. The first kappa shape index (κ1) is 23.3. The molecule has 0 aromatic carbocycles. The summed E-state index contributed by atoms with van der Waals surface area (Å²) in [6.07, 6.45) is 0. The number of halogens is 9. The van der Waals surface area contributed by atoms with E-state index in [9.17, 15) is 4.57 Å². The van der Waals surface area contributed by atoms with E-state index in [0.29, 0.717) is 0 Å². The summed E-state index contributed by atoms with van der Waals surface area (Å²) < 4.78 is 21.2. The van der Waals surface area contributed by atoms with Crippen LogP contribution in [0.1, 0.15) is 0 Å². The van der Waals surface area contributed by atoms with Gasteiger partial charge in [0.1, 0.15) is 0 Å². The third-order valence-electron chi connectivity index (χ3n) is 1.20. The Morgan fingerprint density at radius 1 is 0.700 bits per heavy atom. The van der Waals surface area contributed by atoms with Crippen LogP contribution in [0.4, 0.5) is 0 Å². The minimum absolute atomic E-state index is 0.127. The Morgan fingerprint density at radius 3 is 1.05 bits per heavy atom. The number of rotatable bonds is 9. The standard InChI is InChI=1S/C6H6Br3Cl6O4P/c7-1-4(10,11)17-20(16,18-5(12,13)2-8)19-6(14,15)3-9/h1-3H2. The van der Waals surface area contributed by atoms with E-state index in [1.807, 2.05) is 0 Å². The number of hydrogen-bond donors (Lipinski definition) is 0. The lowest BCUT2D eigenvalue weighted by molar-refractivity contribution is 0.0716. The lowest BCUT2D eigenvalue weighted by Crippen LogP contribution is -2.28. The van der Waals surface area contributed by atoms with Crippen molar-refractivity contribution in [3.05, 3.63) is 0 Å². The smallest absolute Gasteiger partial charge is 0.248 e. The molecule has 0 heterocycles. The van der Waals surface area contributed by atoms with Gasteiger partial charge in [-0.3, -0.25) is 0 Å². The second kappa shape index (κ2) is 9.12. The van der Waals surface area contributed by atoms with Crippen LogP contribution >= 0.6 is 125 Å². The molecule has 0 spiro atoms. The molecule has 0 fully saturated rings. The van der Waals surface area contributed by atoms with Crippen molar-refractivity contribution in [1.82, 2.24) is 0 Å². The van der Waals surface area contributed by atoms with E-state index >= 15 is 0 Å². The quantitative estimate of drug-likeness (QED) is 0.211. The molecular weight excluding hydrogens is 619 g/mol. The maximum atomic E-state index is 12.5. The Morgan fingerprint density at radius 2 is 0.900 bits per heavy atom. The van der Waals surface area contributed by atoms with Crippen molar-refractivity contribution in [2.24, 2.45) is 0 Å². The minimum Gasteiger partial charge on any atom is -0.248 e. The van der Waals surface area contributed by atoms with Gasteiger partial charge in [0.15, 0.2) is 0 Å². The highest BCUT2D eigenvalue weighted by molar-refractivity contribution is 9.09. The van der Waals surface area contributed by atoms with Gasteiger partial charge in [-0.2, -0.15) is 0 Å². The van der Waals surface area contributed by atoms with Gasteiger partial charge in [0.2, 0.25) is 13.6 Å². The highest BCUT2D eigenvalue weighted by Gasteiger charge is 2.48. The van der Waals surface area contributed by atoms with Gasteiger partial charge in [0.25, 0.3) is 0 Å². The molecule has 14 heteroatoms. The summed E-state index contributed by atoms with van der Waals surface area (Å²) >= 11 is 43.1. The normalized spacial score (nSPS) is 14.7. The van der Waals surface area contributed by atoms with Crippen molar-refractivity contribution >= 4 is 125 Å². The largest absolute Gasteiger partial charge is 0.482 e. The molecule has 0 saturated heterocycles. The van der Waals surface area contributed by atoms with E-state index < -0.39 is 21.4 Å². The summed E-state index contributed by atoms with van der Waals surface area (Å²) in [5.74, 6) is 0. The van der Waals surface area contributed by atoms with Gasteiger partial charge in [-0.15, -0.1) is 0 Å². The Balaban J connectivity index is 5.29. The van der Waals surface area contributed by atoms with E-state index in [4.69, 9.17) is 83.2 Å². The Bertz CT molecular complexity index is 318. The number of hydrogen-bond acceptors (Lipinski definition) is 4. The summed E-state index contributed by atoms with van der Waals surface area (Å²) in [5, 5.41) is -0.382. The molecule has 20 heavy (non-hydrogen) atoms. The van der Waals surface area contributed by atoms with Crippen molar-refractivity contribution in [2.75, 3.05) is 16.0 Å². The molecule has 0 amide bonds. The van der Waals surface area contributed by atoms with Crippen LogP contribution < -0.4 is 0 Å². The van der Waals surface area contributed by atoms with Gasteiger partial charge in [0, 0.05) is 0 Å². The lowest BCUT2D eigenvalue weighted by atomic mass is 10.9. The van der Waals surface area contributed by atoms with Crippen molar-refractivity contribution in [3.63, 3.8) is 0 Å². The molecule has 0 atom stereocenters. The second-order valence-corrected chi connectivity index (χ2v) is 10.4. The van der Waals surface area contributed by atoms with Gasteiger partial charge in [-0.1, -0.05) is 117 Å². The van der Waals surface area contributed by atoms with Crippen LogP contribution in [-0.2, 0) is 18.1 Å². The zero-order valence-electron chi connectivity index (χ0n) is 9.10. The molecule has 0 aliphatic heterocycles. The molecule has 0 bridgehead atoms. The molecule has 0 aliphatic rings. The van der Waals surface area contributed by atoms with Crippen LogP contribution in [0.2, 0.25) is 0 Å². The van der Waals surface area contributed by atoms with Gasteiger partial charge < -0.3 is 0 Å². The molecule has 0 radical (unpaired) electrons. The summed E-state index contributed by atoms with van der Waals surface area (Å²) in [5.41, 5.74) is 0. The molecule has 0 unspecified atom stereocenters. The monoisotopic (exact) mass is 620 g/mol. The average molecular weight is 626 g/mol. The maximum absolute atomic E-state index is 12.5. The topological polar surface area (TPSA) is 44.8 Å². The predicted molar refractivity (Wildman–Crippen MR) is 95.6 cm³/mol. The highest BCUT2D eigenvalue weighted by atomic mass is 79.9. The summed E-state index contributed by atoms with van der Waals surface area (Å²) in [6.45, 7) is 0. The third-order valence-corrected chi connectivity index (χ3v) is 9.02. The van der Waals surface area contributed by atoms with E-state index in [0.717, 1.165) is 0 Å². The SMILES string of the molecule is O=P(OC(Cl)(Cl)CBr)(OC(Cl)(Cl)CBr)OC(Cl)(Cl)CBr. The number of alkyl halides is 9. The molecule has 0 N–H and O–H groups in total. The zero-order chi connectivity index (χ0) is 16.2. The van der Waals surface area contributed by atoms with Crippen LogP contribution in [0, 0.1) is 0 Å². The summed E-state index contributed by atoms with van der Waals surface area (Å²) in [6, 6.07) is 0. The van der Waals surface area contributed by atoms with Crippen molar-refractivity contribution in [3.8, 4) is 0 Å². The zero-order valence-corrected chi connectivity index (χ0v) is 19.3. The summed E-state index contributed by atoms with van der Waals surface area (Å²) in [4.78, 5) is 0. The third kappa shape index (κ3) is 9.55. The minimum atomic E-state index is -4.52. The first-order valence-electron chi connectivity index (χ1n) is 4.34. The van der Waals surface area contributed by atoms with E-state index in [2.05, 4.69) is 47.8 Å². The lowest BCUT2D eigenvalue weighted by Gasteiger charge is -2.31. The Kier molecular flexibility index (Phi) is 10.6. The van der Waals surface area contributed by atoms with Crippen LogP contribution in [0.3, 0.4) is 0 Å². The first-order chi connectivity index (χ1) is 8.80. The second-order valence-electron chi connectivity index (χ2n) is 3.03. The fraction of sp³-hybridized carbons (Fsp3) is 1.00. The molecule has 122 valence electrons. The predicted octanol–water partition coefficient (Wildman–Crippen LogP) is 6.72. The van der Waals surface area contributed by atoms with Crippen LogP contribution in [0.25, 0.3) is 0 Å². The van der Waals surface area contributed by atoms with Crippen molar-refractivity contribution in [2.45, 2.75) is 13.6 Å². The van der Waals surface area contributed by atoms with Crippen molar-refractivity contribution in [1.29, 1.82) is 0 Å². The number of phosphoric ester groups is 1. The highest BCUT2D eigenvalue weighted by Crippen LogP contribution is 2.62. The Hall–Kier alpha value is 3.29. The van der Waals surface area contributed by atoms with E-state index in [-0.39, 0.29) is 16.0 Å². The summed E-state index contributed by atoms with van der Waals surface area (Å²) in [7, 11) is -4.52. The van der Waals surface area contributed by atoms with Crippen LogP contribution in [-0.4, -0.2) is 29.5 Å². The van der Waals surface area contributed by atoms with Gasteiger partial charge >= 0.3 is 7.82 Å². The van der Waals surface area contributed by atoms with Gasteiger partial charge in [-0.05, 0) is 0 Å². The first-order valence-corrected chi connectivity index (χ1v) is 11.4. The van der Waals surface area contributed by atoms with E-state index in [1.165, 1.54) is 0 Å². The average Bonchev–Trinajstić information content (AvgIpc) is 2.26. The fourth-order valence-corrected chi connectivity index (χ4v) is 4.30. The van der Waals surface area contributed by atoms with Gasteiger partial charge in [0.05, 0.1) is 16.0 Å². The van der Waals surface area contributed by atoms with E-state index in [1.54, 1.807) is 0 Å². The Labute approximate surface area is 171 Å². The fourth-order valence-electron chi connectivity index (χ4n) is 0.620. The van der Waals surface area contributed by atoms with Crippen molar-refractivity contribution < 1.29 is 18.1 Å². The molecule has 0 aromatic heterocycles. The molecule has 0 rings (SSSR count). The molecule has 0 saturated carbocycles.